The summed E-state index contributed by atoms with van der Waals surface area (Å²) < 4.78 is 5.41. The molecule has 8 amide bonds. The van der Waals surface area contributed by atoms with E-state index >= 15 is 0 Å². The van der Waals surface area contributed by atoms with Crippen LogP contribution in [0, 0.1) is 5.92 Å². The summed E-state index contributed by atoms with van der Waals surface area (Å²) in [5.74, 6) is -2.86. The van der Waals surface area contributed by atoms with Crippen molar-refractivity contribution in [3.63, 3.8) is 0 Å². The zero-order chi connectivity index (χ0) is 33.8. The lowest BCUT2D eigenvalue weighted by atomic mass is 10.0. The number of hydrogen-bond donors (Lipinski definition) is 6. The molecule has 0 aliphatic carbocycles. The number of carbonyl (C=O) groups excluding carboxylic acids is 8. The minimum atomic E-state index is -1.06. The zero-order valence-electron chi connectivity index (χ0n) is 25.9. The summed E-state index contributed by atoms with van der Waals surface area (Å²) in [6, 6.07) is -2.77. The van der Waals surface area contributed by atoms with Crippen molar-refractivity contribution >= 4 is 55.0 Å². The Hall–Kier alpha value is -4.28. The number of imide groups is 1. The van der Waals surface area contributed by atoms with Crippen LogP contribution in [-0.4, -0.2) is 111 Å². The number of unbranched alkanes of at least 4 members (excludes halogenated alkanes) is 2. The average molecular weight is 634 g/mol. The minimum absolute atomic E-state index is 0.0436. The second kappa shape index (κ2) is 21.4. The van der Waals surface area contributed by atoms with E-state index in [0.29, 0.717) is 32.2 Å². The second-order valence-electron chi connectivity index (χ2n) is 10.7. The van der Waals surface area contributed by atoms with E-state index in [1.807, 2.05) is 0 Å². The van der Waals surface area contributed by atoms with Crippen molar-refractivity contribution in [2.75, 3.05) is 39.4 Å². The number of carbonyl (C=O) groups is 8. The topological polar surface area (TPSA) is 235 Å². The smallest absolute Gasteiger partial charge is 0.312 e. The number of rotatable bonds is 23. The van der Waals surface area contributed by atoms with E-state index in [1.54, 1.807) is 13.8 Å². The second-order valence-corrected chi connectivity index (χ2v) is 10.7. The molecule has 16 nitrogen and oxygen atoms in total. The highest BCUT2D eigenvalue weighted by atomic mass is 16.5. The number of urea groups is 1. The summed E-state index contributed by atoms with van der Waals surface area (Å²) in [7, 11) is 5.07. The van der Waals surface area contributed by atoms with Crippen LogP contribution >= 0.6 is 0 Å². The molecule has 1 aliphatic heterocycles. The van der Waals surface area contributed by atoms with Crippen LogP contribution < -0.4 is 32.3 Å². The van der Waals surface area contributed by atoms with E-state index in [-0.39, 0.29) is 69.2 Å². The van der Waals surface area contributed by atoms with Gasteiger partial charge in [0.25, 0.3) is 11.8 Å². The largest absolute Gasteiger partial charge is 0.379 e. The van der Waals surface area contributed by atoms with Gasteiger partial charge in [-0.3, -0.25) is 33.7 Å². The van der Waals surface area contributed by atoms with Gasteiger partial charge in [-0.15, -0.1) is 0 Å². The highest BCUT2D eigenvalue weighted by Crippen LogP contribution is 2.08. The summed E-state index contributed by atoms with van der Waals surface area (Å²) in [5.41, 5.74) is 4.27. The van der Waals surface area contributed by atoms with Crippen molar-refractivity contribution in [2.24, 2.45) is 11.7 Å². The van der Waals surface area contributed by atoms with Crippen molar-refractivity contribution < 1.29 is 43.1 Å². The highest BCUT2D eigenvalue weighted by Gasteiger charge is 2.28. The molecule has 0 aromatic heterocycles. The summed E-state index contributed by atoms with van der Waals surface area (Å²) in [4.78, 5) is 96.1. The van der Waals surface area contributed by atoms with E-state index in [1.165, 1.54) is 17.1 Å². The molecule has 2 radical (unpaired) electrons. The maximum atomic E-state index is 13.0. The maximum absolute atomic E-state index is 13.0. The van der Waals surface area contributed by atoms with Crippen molar-refractivity contribution in [1.82, 2.24) is 31.5 Å². The van der Waals surface area contributed by atoms with Crippen molar-refractivity contribution in [3.8, 4) is 0 Å². The van der Waals surface area contributed by atoms with Crippen LogP contribution in [0.1, 0.15) is 58.8 Å². The van der Waals surface area contributed by atoms with Gasteiger partial charge < -0.3 is 41.8 Å². The predicted octanol–water partition coefficient (Wildman–Crippen LogP) is -2.12. The van der Waals surface area contributed by atoms with Crippen LogP contribution in [0.15, 0.2) is 12.2 Å². The predicted molar refractivity (Wildman–Crippen MR) is 162 cm³/mol. The van der Waals surface area contributed by atoms with Crippen LogP contribution in [0.3, 0.4) is 0 Å². The van der Waals surface area contributed by atoms with Crippen LogP contribution in [0.2, 0.25) is 0 Å². The van der Waals surface area contributed by atoms with Crippen LogP contribution in [-0.2, 0) is 38.3 Å². The number of primary amides is 1. The third kappa shape index (κ3) is 17.0. The quantitative estimate of drug-likeness (QED) is 0.0409. The monoisotopic (exact) mass is 633 g/mol. The molecule has 2 atom stereocenters. The fraction of sp³-hybridized carbons (Fsp3) is 0.643. The summed E-state index contributed by atoms with van der Waals surface area (Å²) >= 11 is 0. The molecule has 248 valence electrons. The third-order valence-corrected chi connectivity index (χ3v) is 6.53. The Bertz CT molecular complexity index is 1080. The minimum Gasteiger partial charge on any atom is -0.379 e. The number of amides is 8. The van der Waals surface area contributed by atoms with Gasteiger partial charge in [0.1, 0.15) is 12.1 Å². The molecular weight excluding hydrogens is 589 g/mol. The average Bonchev–Trinajstić information content (AvgIpc) is 3.29. The van der Waals surface area contributed by atoms with Gasteiger partial charge in [0, 0.05) is 44.6 Å². The van der Waals surface area contributed by atoms with Gasteiger partial charge in [0.15, 0.2) is 7.85 Å². The summed E-state index contributed by atoms with van der Waals surface area (Å²) in [6.07, 6.45) is 5.01. The molecule has 0 aromatic rings. The van der Waals surface area contributed by atoms with Crippen molar-refractivity contribution in [1.29, 1.82) is 0 Å². The van der Waals surface area contributed by atoms with Gasteiger partial charge in [-0.1, -0.05) is 20.3 Å². The van der Waals surface area contributed by atoms with Crippen LogP contribution in [0.25, 0.3) is 0 Å². The van der Waals surface area contributed by atoms with Crippen LogP contribution in [0.5, 0.6) is 0 Å². The first-order chi connectivity index (χ1) is 21.3. The van der Waals surface area contributed by atoms with E-state index in [4.69, 9.17) is 18.3 Å². The van der Waals surface area contributed by atoms with Gasteiger partial charge in [-0.05, 0) is 31.6 Å². The Kier molecular flexibility index (Phi) is 18.5. The molecule has 0 saturated carbocycles. The molecular formula is C28H44BN7O9. The third-order valence-electron chi connectivity index (χ3n) is 6.53. The van der Waals surface area contributed by atoms with Crippen molar-refractivity contribution in [2.45, 2.75) is 70.9 Å². The Labute approximate surface area is 263 Å². The SMILES string of the molecule is [B]C(=O)CNC(=O)[C@H](CCCNC(N)=O)NC(=O)C(NC(=O)CCOCCNC(=O)CCCCCN1C(=O)C=CC1=O)C(C)C. The Morgan fingerprint density at radius 3 is 2.13 bits per heavy atom. The summed E-state index contributed by atoms with van der Waals surface area (Å²) in [5, 5.41) is 12.6. The molecule has 1 aliphatic rings. The number of nitrogens with zero attached hydrogens (tertiary/aromatic N) is 1. The van der Waals surface area contributed by atoms with Crippen molar-refractivity contribution in [3.05, 3.63) is 12.2 Å². The lowest BCUT2D eigenvalue weighted by Gasteiger charge is -2.25. The van der Waals surface area contributed by atoms with E-state index in [9.17, 15) is 38.4 Å². The first-order valence-electron chi connectivity index (χ1n) is 14.9. The van der Waals surface area contributed by atoms with Crippen LogP contribution in [0.4, 0.5) is 4.79 Å². The Morgan fingerprint density at radius 2 is 1.51 bits per heavy atom. The number of nitrogens with one attached hydrogen (secondary N) is 5. The van der Waals surface area contributed by atoms with Gasteiger partial charge in [0.2, 0.25) is 23.6 Å². The lowest BCUT2D eigenvalue weighted by molar-refractivity contribution is -0.137. The molecule has 0 spiro atoms. The van der Waals surface area contributed by atoms with Gasteiger partial charge in [0.05, 0.1) is 25.4 Å². The van der Waals surface area contributed by atoms with Gasteiger partial charge in [-0.2, -0.15) is 0 Å². The zero-order valence-corrected chi connectivity index (χ0v) is 25.9. The Balaban J connectivity index is 2.34. The molecule has 17 heteroatoms. The van der Waals surface area contributed by atoms with Gasteiger partial charge >= 0.3 is 6.03 Å². The normalized spacial score (nSPS) is 13.7. The molecule has 1 heterocycles. The molecule has 1 unspecified atom stereocenters. The molecule has 45 heavy (non-hydrogen) atoms. The van der Waals surface area contributed by atoms with Gasteiger partial charge in [-0.25, -0.2) is 4.79 Å². The molecule has 0 fully saturated rings. The highest BCUT2D eigenvalue weighted by molar-refractivity contribution is 6.58. The summed E-state index contributed by atoms with van der Waals surface area (Å²) in [6.45, 7) is 3.95. The first-order valence-corrected chi connectivity index (χ1v) is 14.9. The van der Waals surface area contributed by atoms with E-state index in [2.05, 4.69) is 26.6 Å². The Morgan fingerprint density at radius 1 is 0.822 bits per heavy atom. The fourth-order valence-electron chi connectivity index (χ4n) is 4.13. The van der Waals surface area contributed by atoms with E-state index < -0.39 is 48.1 Å². The standard InChI is InChI=1S/C28H44BN7O9/c1-18(2)25(27(43)34-19(7-6-12-32-28(30)44)26(42)33-17-20(29)37)35-22(39)11-15-45-16-13-31-21(38)8-4-3-5-14-36-23(40)9-10-24(36)41/h9-10,18-19,25H,3-8,11-17H2,1-2H3,(H,31,38)(H,33,42)(H,34,43)(H,35,39)(H3,30,32,44)/t19-,25?/m0/s1. The number of nitrogens with two attached hydrogens (primary N) is 1. The molecule has 0 aromatic carbocycles. The lowest BCUT2D eigenvalue weighted by Crippen LogP contribution is -2.55. The molecule has 7 N–H and O–H groups in total. The van der Waals surface area contributed by atoms with E-state index in [0.717, 1.165) is 0 Å². The molecule has 1 rings (SSSR count). The molecule has 0 bridgehead atoms. The number of ether oxygens (including phenoxy) is 1. The first kappa shape index (κ1) is 38.7. The fourth-order valence-corrected chi connectivity index (χ4v) is 4.13. The molecule has 0 saturated heterocycles. The number of hydrogen-bond acceptors (Lipinski definition) is 9. The maximum Gasteiger partial charge on any atom is 0.312 e.